The third-order valence-electron chi connectivity index (χ3n) is 5.47. The number of nitrogens with zero attached hydrogens (tertiary/aromatic N) is 4. The molecule has 5 rings (SSSR count). The molecule has 1 fully saturated rings. The summed E-state index contributed by atoms with van der Waals surface area (Å²) >= 11 is 0. The smallest absolute Gasteiger partial charge is 0.254 e. The maximum Gasteiger partial charge on any atom is 0.254 e. The van der Waals surface area contributed by atoms with E-state index in [1.807, 2.05) is 52.2 Å². The molecule has 0 saturated carbocycles. The highest BCUT2D eigenvalue weighted by molar-refractivity contribution is 5.97. The minimum atomic E-state index is 0.0207. The summed E-state index contributed by atoms with van der Waals surface area (Å²) in [5.41, 5.74) is 4.25. The number of hydrogen-bond acceptors (Lipinski definition) is 5. The van der Waals surface area contributed by atoms with Crippen LogP contribution in [0.25, 0.3) is 22.4 Å². The topological polar surface area (TPSA) is 85.3 Å². The van der Waals surface area contributed by atoms with Gasteiger partial charge in [-0.2, -0.15) is 5.10 Å². The van der Waals surface area contributed by atoms with E-state index in [2.05, 4.69) is 16.1 Å². The molecule has 8 heteroatoms. The fraction of sp³-hybridized carbons (Fsp3) is 0.261. The van der Waals surface area contributed by atoms with Crippen molar-refractivity contribution >= 4 is 16.9 Å². The number of imidazole rings is 1. The number of ether oxygens (including phenoxy) is 2. The van der Waals surface area contributed by atoms with Crippen LogP contribution in [0.2, 0.25) is 0 Å². The number of aromatic nitrogens is 4. The monoisotopic (exact) mass is 417 g/mol. The van der Waals surface area contributed by atoms with Crippen LogP contribution in [0.15, 0.2) is 54.9 Å². The summed E-state index contributed by atoms with van der Waals surface area (Å²) in [5.74, 6) is 1.57. The molecule has 1 aliphatic rings. The van der Waals surface area contributed by atoms with Gasteiger partial charge in [0.25, 0.3) is 5.91 Å². The lowest BCUT2D eigenvalue weighted by Crippen LogP contribution is -2.40. The van der Waals surface area contributed by atoms with Gasteiger partial charge in [0.1, 0.15) is 11.6 Å². The van der Waals surface area contributed by atoms with E-state index < -0.39 is 0 Å². The minimum absolute atomic E-state index is 0.0207. The predicted octanol–water partition coefficient (Wildman–Crippen LogP) is 2.96. The molecule has 3 heterocycles. The number of benzene rings is 2. The zero-order valence-electron chi connectivity index (χ0n) is 17.2. The molecule has 8 nitrogen and oxygen atoms in total. The number of methoxy groups -OCH3 is 1. The third-order valence-corrected chi connectivity index (χ3v) is 5.47. The highest BCUT2D eigenvalue weighted by atomic mass is 16.5. The lowest BCUT2D eigenvalue weighted by atomic mass is 10.1. The van der Waals surface area contributed by atoms with Crippen LogP contribution >= 0.6 is 0 Å². The number of rotatable bonds is 5. The number of carbonyl (C=O) groups is 1. The zero-order valence-corrected chi connectivity index (χ0v) is 17.2. The second kappa shape index (κ2) is 8.23. The molecule has 2 aromatic carbocycles. The van der Waals surface area contributed by atoms with Crippen molar-refractivity contribution in [3.05, 3.63) is 66.0 Å². The Morgan fingerprint density at radius 1 is 1.19 bits per heavy atom. The van der Waals surface area contributed by atoms with E-state index in [1.165, 1.54) is 0 Å². The highest BCUT2D eigenvalue weighted by Gasteiger charge is 2.19. The summed E-state index contributed by atoms with van der Waals surface area (Å²) in [4.78, 5) is 22.7. The van der Waals surface area contributed by atoms with Crippen LogP contribution in [-0.4, -0.2) is 64.0 Å². The average molecular weight is 417 g/mol. The number of amides is 1. The molecule has 1 saturated heterocycles. The molecule has 1 amide bonds. The van der Waals surface area contributed by atoms with E-state index in [1.54, 1.807) is 13.3 Å². The third kappa shape index (κ3) is 3.89. The van der Waals surface area contributed by atoms with Gasteiger partial charge in [0.05, 0.1) is 37.9 Å². The van der Waals surface area contributed by atoms with Gasteiger partial charge < -0.3 is 19.4 Å². The van der Waals surface area contributed by atoms with Gasteiger partial charge in [-0.3, -0.25) is 9.48 Å². The predicted molar refractivity (Wildman–Crippen MR) is 116 cm³/mol. The molecule has 0 unspecified atom stereocenters. The van der Waals surface area contributed by atoms with E-state index in [0.717, 1.165) is 33.7 Å². The van der Waals surface area contributed by atoms with Crippen molar-refractivity contribution in [2.24, 2.45) is 0 Å². The van der Waals surface area contributed by atoms with Crippen molar-refractivity contribution < 1.29 is 14.3 Å². The Labute approximate surface area is 179 Å². The minimum Gasteiger partial charge on any atom is -0.496 e. The summed E-state index contributed by atoms with van der Waals surface area (Å²) in [6.07, 6.45) is 3.67. The highest BCUT2D eigenvalue weighted by Crippen LogP contribution is 2.28. The van der Waals surface area contributed by atoms with Gasteiger partial charge in [-0.05, 0) is 42.5 Å². The zero-order chi connectivity index (χ0) is 21.2. The van der Waals surface area contributed by atoms with Crippen LogP contribution < -0.4 is 4.74 Å². The van der Waals surface area contributed by atoms with Gasteiger partial charge >= 0.3 is 0 Å². The number of fused-ring (bicyclic) bond motifs is 1. The Kier molecular flexibility index (Phi) is 5.13. The Bertz CT molecular complexity index is 1210. The van der Waals surface area contributed by atoms with Crippen LogP contribution in [0.3, 0.4) is 0 Å². The van der Waals surface area contributed by atoms with E-state index >= 15 is 0 Å². The first-order valence-corrected chi connectivity index (χ1v) is 10.2. The van der Waals surface area contributed by atoms with Crippen LogP contribution in [-0.2, 0) is 11.3 Å². The van der Waals surface area contributed by atoms with Crippen LogP contribution in [0.4, 0.5) is 0 Å². The lowest BCUT2D eigenvalue weighted by Gasteiger charge is -2.26. The van der Waals surface area contributed by atoms with Crippen LogP contribution in [0.5, 0.6) is 5.75 Å². The molecule has 158 valence electrons. The average Bonchev–Trinajstić information content (AvgIpc) is 3.48. The fourth-order valence-corrected chi connectivity index (χ4v) is 3.85. The molecule has 0 radical (unpaired) electrons. The van der Waals surface area contributed by atoms with Crippen molar-refractivity contribution in [2.75, 3.05) is 33.4 Å². The largest absolute Gasteiger partial charge is 0.496 e. The SMILES string of the molecule is COc1ccc(-c2nc3ccc(C(=O)N4CCOCC4)cc3[nH]2)cc1Cn1cccn1. The fourth-order valence-electron chi connectivity index (χ4n) is 3.85. The van der Waals surface area contributed by atoms with Crippen molar-refractivity contribution in [3.8, 4) is 17.1 Å². The second-order valence-electron chi connectivity index (χ2n) is 7.45. The normalized spacial score (nSPS) is 14.2. The van der Waals surface area contributed by atoms with Gasteiger partial charge in [0.15, 0.2) is 0 Å². The number of aromatic amines is 1. The molecule has 1 N–H and O–H groups in total. The molecule has 0 spiro atoms. The Balaban J connectivity index is 1.45. The van der Waals surface area contributed by atoms with Crippen molar-refractivity contribution in [1.29, 1.82) is 0 Å². The van der Waals surface area contributed by atoms with E-state index in [-0.39, 0.29) is 5.91 Å². The summed E-state index contributed by atoms with van der Waals surface area (Å²) < 4.78 is 12.7. The molecular formula is C23H23N5O3. The van der Waals surface area contributed by atoms with Gasteiger partial charge in [-0.25, -0.2) is 4.98 Å². The van der Waals surface area contributed by atoms with E-state index in [0.29, 0.717) is 38.4 Å². The molecule has 4 aromatic rings. The van der Waals surface area contributed by atoms with Crippen LogP contribution in [0.1, 0.15) is 15.9 Å². The lowest BCUT2D eigenvalue weighted by molar-refractivity contribution is 0.0303. The van der Waals surface area contributed by atoms with Gasteiger partial charge in [0.2, 0.25) is 0 Å². The first kappa shape index (κ1) is 19.3. The molecular weight excluding hydrogens is 394 g/mol. The summed E-state index contributed by atoms with van der Waals surface area (Å²) in [6, 6.07) is 13.5. The number of H-pyrrole nitrogens is 1. The number of hydrogen-bond donors (Lipinski definition) is 1. The summed E-state index contributed by atoms with van der Waals surface area (Å²) in [5, 5.41) is 4.28. The van der Waals surface area contributed by atoms with Gasteiger partial charge in [0, 0.05) is 42.2 Å². The summed E-state index contributed by atoms with van der Waals surface area (Å²) in [7, 11) is 1.66. The Hall–Kier alpha value is -3.65. The van der Waals surface area contributed by atoms with E-state index in [4.69, 9.17) is 14.5 Å². The maximum atomic E-state index is 12.8. The van der Waals surface area contributed by atoms with E-state index in [9.17, 15) is 4.79 Å². The standard InChI is InChI=1S/C23H23N5O3/c1-30-21-6-4-16(13-18(21)15-28-8-2-7-24-28)22-25-19-5-3-17(14-20(19)26-22)23(29)27-9-11-31-12-10-27/h2-8,13-14H,9-12,15H2,1H3,(H,25,26). The van der Waals surface area contributed by atoms with Crippen molar-refractivity contribution in [1.82, 2.24) is 24.6 Å². The quantitative estimate of drug-likeness (QED) is 0.540. The first-order valence-electron chi connectivity index (χ1n) is 10.2. The molecule has 2 aromatic heterocycles. The number of morpholine rings is 1. The van der Waals surface area contributed by atoms with Crippen molar-refractivity contribution in [2.45, 2.75) is 6.54 Å². The Morgan fingerprint density at radius 2 is 2.06 bits per heavy atom. The van der Waals surface area contributed by atoms with Crippen molar-refractivity contribution in [3.63, 3.8) is 0 Å². The Morgan fingerprint density at radius 3 is 2.84 bits per heavy atom. The second-order valence-corrected chi connectivity index (χ2v) is 7.45. The molecule has 31 heavy (non-hydrogen) atoms. The van der Waals surface area contributed by atoms with Crippen LogP contribution in [0, 0.1) is 0 Å². The van der Waals surface area contributed by atoms with Gasteiger partial charge in [-0.1, -0.05) is 0 Å². The maximum absolute atomic E-state index is 12.8. The summed E-state index contributed by atoms with van der Waals surface area (Å²) in [6.45, 7) is 3.01. The first-order chi connectivity index (χ1) is 15.2. The number of carbonyl (C=O) groups excluding carboxylic acids is 1. The van der Waals surface area contributed by atoms with Gasteiger partial charge in [-0.15, -0.1) is 0 Å². The molecule has 1 aliphatic heterocycles. The molecule has 0 bridgehead atoms. The molecule has 0 aliphatic carbocycles. The molecule has 0 atom stereocenters. The number of nitrogens with one attached hydrogen (secondary N) is 1.